The van der Waals surface area contributed by atoms with Gasteiger partial charge in [-0.2, -0.15) is 0 Å². The lowest BCUT2D eigenvalue weighted by molar-refractivity contribution is -0.118. The fourth-order valence-corrected chi connectivity index (χ4v) is 4.26. The van der Waals surface area contributed by atoms with Crippen LogP contribution in [0.4, 0.5) is 0 Å². The molecule has 1 amide bonds. The molecule has 0 aliphatic rings. The number of benzene rings is 3. The number of para-hydroxylation sites is 2. The molecule has 4 aromatic rings. The van der Waals surface area contributed by atoms with E-state index in [0.717, 1.165) is 11.3 Å². The summed E-state index contributed by atoms with van der Waals surface area (Å²) >= 11 is 13.5. The summed E-state index contributed by atoms with van der Waals surface area (Å²) < 4.78 is 7.75. The highest BCUT2D eigenvalue weighted by Gasteiger charge is 2.17. The van der Waals surface area contributed by atoms with Gasteiger partial charge in [0.05, 0.1) is 10.8 Å². The number of thioether (sulfide) groups is 1. The largest absolute Gasteiger partial charge is 0.484 e. The molecule has 3 aromatic carbocycles. The summed E-state index contributed by atoms with van der Waals surface area (Å²) in [6.07, 6.45) is 0. The van der Waals surface area contributed by atoms with Crippen LogP contribution in [0, 0.1) is 0 Å². The first-order valence-electron chi connectivity index (χ1n) is 10.1. The highest BCUT2D eigenvalue weighted by atomic mass is 35.5. The van der Waals surface area contributed by atoms with Crippen molar-refractivity contribution >= 4 is 40.9 Å². The van der Waals surface area contributed by atoms with Gasteiger partial charge < -0.3 is 10.1 Å². The fraction of sp³-hybridized carbons (Fsp3) is 0.125. The average molecular weight is 499 g/mol. The Balaban J connectivity index is 1.45. The van der Waals surface area contributed by atoms with Gasteiger partial charge in [0.25, 0.3) is 0 Å². The van der Waals surface area contributed by atoms with Crippen molar-refractivity contribution in [3.8, 4) is 11.4 Å². The number of nitrogens with zero attached hydrogens (tertiary/aromatic N) is 3. The Morgan fingerprint density at radius 3 is 2.55 bits per heavy atom. The minimum atomic E-state index is -0.114. The van der Waals surface area contributed by atoms with Crippen LogP contribution < -0.4 is 10.1 Å². The van der Waals surface area contributed by atoms with Crippen LogP contribution in [0.5, 0.6) is 5.75 Å². The highest BCUT2D eigenvalue weighted by molar-refractivity contribution is 7.99. The monoisotopic (exact) mass is 498 g/mol. The molecule has 168 valence electrons. The van der Waals surface area contributed by atoms with E-state index in [1.807, 2.05) is 65.2 Å². The lowest BCUT2D eigenvalue weighted by atomic mass is 10.2. The van der Waals surface area contributed by atoms with Crippen LogP contribution in [0.3, 0.4) is 0 Å². The predicted molar refractivity (Wildman–Crippen MR) is 131 cm³/mol. The number of ether oxygens (including phenoxy) is 1. The van der Waals surface area contributed by atoms with Crippen molar-refractivity contribution in [3.63, 3.8) is 0 Å². The molecule has 0 radical (unpaired) electrons. The molecule has 4 rings (SSSR count). The maximum atomic E-state index is 12.4. The summed E-state index contributed by atoms with van der Waals surface area (Å²) in [6, 6.07) is 24.3. The zero-order chi connectivity index (χ0) is 23.0. The highest BCUT2D eigenvalue weighted by Crippen LogP contribution is 2.26. The Kier molecular flexibility index (Phi) is 7.88. The van der Waals surface area contributed by atoms with Crippen molar-refractivity contribution in [2.24, 2.45) is 0 Å². The topological polar surface area (TPSA) is 69.0 Å². The van der Waals surface area contributed by atoms with Crippen LogP contribution in [0.15, 0.2) is 84.0 Å². The van der Waals surface area contributed by atoms with Gasteiger partial charge in [-0.1, -0.05) is 77.4 Å². The lowest BCUT2D eigenvalue weighted by Gasteiger charge is -2.12. The summed E-state index contributed by atoms with van der Waals surface area (Å²) in [4.78, 5) is 12.4. The number of nitrogens with one attached hydrogen (secondary N) is 1. The number of carbonyl (C=O) groups is 1. The number of hydrogen-bond donors (Lipinski definition) is 1. The zero-order valence-corrected chi connectivity index (χ0v) is 19.8. The van der Waals surface area contributed by atoms with Crippen LogP contribution in [0.2, 0.25) is 10.0 Å². The zero-order valence-electron chi connectivity index (χ0n) is 17.4. The van der Waals surface area contributed by atoms with Crippen molar-refractivity contribution in [1.82, 2.24) is 20.1 Å². The molecule has 1 aromatic heterocycles. The number of halogens is 2. The van der Waals surface area contributed by atoms with Crippen LogP contribution in [0.25, 0.3) is 5.69 Å². The van der Waals surface area contributed by atoms with Crippen molar-refractivity contribution in [2.45, 2.75) is 18.3 Å². The third-order valence-electron chi connectivity index (χ3n) is 4.62. The second-order valence-electron chi connectivity index (χ2n) is 6.98. The molecule has 0 saturated carbocycles. The van der Waals surface area contributed by atoms with Crippen molar-refractivity contribution in [3.05, 3.63) is 100 Å². The number of hydrogen-bond acceptors (Lipinski definition) is 5. The number of amides is 1. The summed E-state index contributed by atoms with van der Waals surface area (Å²) in [5.41, 5.74) is 1.81. The molecule has 33 heavy (non-hydrogen) atoms. The van der Waals surface area contributed by atoms with E-state index in [1.165, 1.54) is 11.8 Å². The van der Waals surface area contributed by atoms with E-state index >= 15 is 0 Å². The Hall–Kier alpha value is -3.00. The summed E-state index contributed by atoms with van der Waals surface area (Å²) in [5, 5.41) is 13.2. The second kappa shape index (κ2) is 11.2. The summed E-state index contributed by atoms with van der Waals surface area (Å²) in [7, 11) is 0. The van der Waals surface area contributed by atoms with Gasteiger partial charge in [0, 0.05) is 17.3 Å². The lowest BCUT2D eigenvalue weighted by Crippen LogP contribution is -2.24. The fourth-order valence-electron chi connectivity index (χ4n) is 3.06. The third-order valence-corrected chi connectivity index (χ3v) is 6.10. The Labute approximate surface area is 205 Å². The number of aromatic nitrogens is 3. The van der Waals surface area contributed by atoms with Crippen molar-refractivity contribution in [2.75, 3.05) is 5.75 Å². The first kappa shape index (κ1) is 23.2. The molecule has 1 heterocycles. The molecule has 0 atom stereocenters. The molecule has 1 N–H and O–H groups in total. The molecule has 0 saturated heterocycles. The molecular formula is C24H20Cl2N4O2S. The first-order valence-corrected chi connectivity index (χ1v) is 11.9. The average Bonchev–Trinajstić information content (AvgIpc) is 3.24. The molecule has 6 nitrogen and oxygen atoms in total. The minimum absolute atomic E-state index is 0.114. The van der Waals surface area contributed by atoms with Gasteiger partial charge >= 0.3 is 0 Å². The van der Waals surface area contributed by atoms with Gasteiger partial charge in [0.15, 0.2) is 11.0 Å². The van der Waals surface area contributed by atoms with E-state index in [-0.39, 0.29) is 18.3 Å². The quantitative estimate of drug-likeness (QED) is 0.306. The number of rotatable bonds is 9. The molecule has 9 heteroatoms. The minimum Gasteiger partial charge on any atom is -0.484 e. The number of carbonyl (C=O) groups excluding carboxylic acids is 1. The van der Waals surface area contributed by atoms with Crippen LogP contribution >= 0.6 is 35.0 Å². The molecule has 0 bridgehead atoms. The normalized spacial score (nSPS) is 10.7. The smallest absolute Gasteiger partial charge is 0.230 e. The van der Waals surface area contributed by atoms with Crippen LogP contribution in [0.1, 0.15) is 11.4 Å². The Morgan fingerprint density at radius 2 is 1.76 bits per heavy atom. The molecule has 0 spiro atoms. The van der Waals surface area contributed by atoms with E-state index in [4.69, 9.17) is 27.9 Å². The molecule has 0 aliphatic carbocycles. The molecule has 0 unspecified atom stereocenters. The summed E-state index contributed by atoms with van der Waals surface area (Å²) in [6.45, 7) is 0.579. The van der Waals surface area contributed by atoms with Gasteiger partial charge in [-0.15, -0.1) is 10.2 Å². The third kappa shape index (κ3) is 6.28. The molecular weight excluding hydrogens is 479 g/mol. The molecule has 0 fully saturated rings. The van der Waals surface area contributed by atoms with E-state index < -0.39 is 0 Å². The Bertz CT molecular complexity index is 1230. The summed E-state index contributed by atoms with van der Waals surface area (Å²) in [5.74, 6) is 1.24. The van der Waals surface area contributed by atoms with Crippen molar-refractivity contribution < 1.29 is 9.53 Å². The van der Waals surface area contributed by atoms with E-state index in [0.29, 0.717) is 33.3 Å². The molecule has 0 aliphatic heterocycles. The SMILES string of the molecule is O=C(CSc1nnc(COc2ccccc2Cl)n1-c1ccccc1)NCc1cccc(Cl)c1. The van der Waals surface area contributed by atoms with E-state index in [9.17, 15) is 4.79 Å². The van der Waals surface area contributed by atoms with Crippen LogP contribution in [-0.4, -0.2) is 26.4 Å². The predicted octanol–water partition coefficient (Wildman–Crippen LogP) is 5.56. The van der Waals surface area contributed by atoms with Gasteiger partial charge in [0.2, 0.25) is 5.91 Å². The van der Waals surface area contributed by atoms with Gasteiger partial charge in [-0.25, -0.2) is 0 Å². The second-order valence-corrected chi connectivity index (χ2v) is 8.77. The van der Waals surface area contributed by atoms with Crippen molar-refractivity contribution in [1.29, 1.82) is 0 Å². The maximum absolute atomic E-state index is 12.4. The van der Waals surface area contributed by atoms with E-state index in [2.05, 4.69) is 15.5 Å². The standard InChI is InChI=1S/C24H20Cl2N4O2S/c25-18-8-6-7-17(13-18)14-27-23(31)16-33-24-29-28-22(30(24)19-9-2-1-3-10-19)15-32-21-12-5-4-11-20(21)26/h1-13H,14-16H2,(H,27,31). The van der Waals surface area contributed by atoms with Gasteiger partial charge in [0.1, 0.15) is 12.4 Å². The first-order chi connectivity index (χ1) is 16.1. The Morgan fingerprint density at radius 1 is 0.970 bits per heavy atom. The van der Waals surface area contributed by atoms with E-state index in [1.54, 1.807) is 18.2 Å². The van der Waals surface area contributed by atoms with Gasteiger partial charge in [-0.05, 0) is 42.0 Å². The van der Waals surface area contributed by atoms with Crippen LogP contribution in [-0.2, 0) is 17.9 Å². The van der Waals surface area contributed by atoms with Gasteiger partial charge in [-0.3, -0.25) is 9.36 Å². The maximum Gasteiger partial charge on any atom is 0.230 e.